The van der Waals surface area contributed by atoms with Crippen LogP contribution in [0.5, 0.6) is 0 Å². The maximum Gasteiger partial charge on any atom is 0.310 e. The average molecular weight is 343 g/mol. The predicted octanol–water partition coefficient (Wildman–Crippen LogP) is 2.53. The van der Waals surface area contributed by atoms with Crippen LogP contribution in [0.2, 0.25) is 0 Å². The molecule has 5 nitrogen and oxygen atoms in total. The lowest BCUT2D eigenvalue weighted by atomic mass is 9.74. The molecule has 2 saturated heterocycles. The molecule has 0 unspecified atom stereocenters. The number of fused-ring (bicyclic) bond motifs is 1. The fourth-order valence-corrected chi connectivity index (χ4v) is 4.45. The van der Waals surface area contributed by atoms with Crippen LogP contribution in [-0.4, -0.2) is 34.7 Å². The number of ether oxygens (including phenoxy) is 1. The summed E-state index contributed by atoms with van der Waals surface area (Å²) < 4.78 is 20.4. The number of carboxylic acids is 1. The highest BCUT2D eigenvalue weighted by Crippen LogP contribution is 2.56. The number of para-hydroxylation sites is 1. The quantitative estimate of drug-likeness (QED) is 0.853. The van der Waals surface area contributed by atoms with Crippen LogP contribution in [0.25, 0.3) is 0 Å². The molecule has 3 aliphatic heterocycles. The molecule has 2 fully saturated rings. The summed E-state index contributed by atoms with van der Waals surface area (Å²) in [4.78, 5) is 26.3. The van der Waals surface area contributed by atoms with E-state index >= 15 is 0 Å². The van der Waals surface area contributed by atoms with Gasteiger partial charge in [0, 0.05) is 0 Å². The van der Waals surface area contributed by atoms with Crippen molar-refractivity contribution in [2.75, 3.05) is 4.90 Å². The highest BCUT2D eigenvalue weighted by Gasteiger charge is 2.71. The van der Waals surface area contributed by atoms with Gasteiger partial charge in [0.15, 0.2) is 0 Å². The number of benzene rings is 1. The van der Waals surface area contributed by atoms with E-state index in [2.05, 4.69) is 6.58 Å². The molecule has 3 aliphatic rings. The Morgan fingerprint density at radius 2 is 2.16 bits per heavy atom. The number of halogens is 1. The van der Waals surface area contributed by atoms with Gasteiger partial charge in [-0.2, -0.15) is 0 Å². The molecular formula is C19H18FNO4. The van der Waals surface area contributed by atoms with Gasteiger partial charge in [0.05, 0.1) is 23.8 Å². The maximum atomic E-state index is 14.4. The molecule has 25 heavy (non-hydrogen) atoms. The third-order valence-corrected chi connectivity index (χ3v) is 5.36. The van der Waals surface area contributed by atoms with Crippen LogP contribution in [0.4, 0.5) is 10.1 Å². The number of nitrogens with zero attached hydrogens (tertiary/aromatic N) is 1. The second-order valence-electron chi connectivity index (χ2n) is 6.97. The molecule has 2 bridgehead atoms. The SMILES string of the molecule is C=C(C)C[C@@H]1N(c2ccccc2F)C(=O)[C@H]2[C@@H](C(=O)O)[C@H]3C=C[C@@]12O3. The van der Waals surface area contributed by atoms with E-state index in [9.17, 15) is 19.1 Å². The molecular weight excluding hydrogens is 325 g/mol. The van der Waals surface area contributed by atoms with E-state index in [1.165, 1.54) is 17.0 Å². The molecule has 4 rings (SSSR count). The molecule has 0 radical (unpaired) electrons. The molecule has 130 valence electrons. The minimum atomic E-state index is -1.07. The van der Waals surface area contributed by atoms with Crippen LogP contribution in [-0.2, 0) is 14.3 Å². The number of carboxylic acid groups (broad SMARTS) is 1. The van der Waals surface area contributed by atoms with E-state index in [1.807, 2.05) is 6.92 Å². The van der Waals surface area contributed by atoms with Gasteiger partial charge in [-0.1, -0.05) is 29.9 Å². The molecule has 1 N–H and O–H groups in total. The Hall–Kier alpha value is -2.47. The third kappa shape index (κ3) is 2.03. The Kier molecular flexibility index (Phi) is 3.37. The van der Waals surface area contributed by atoms with Crippen molar-refractivity contribution in [2.24, 2.45) is 11.8 Å². The fourth-order valence-electron chi connectivity index (χ4n) is 4.45. The van der Waals surface area contributed by atoms with Crippen LogP contribution in [0, 0.1) is 17.7 Å². The number of anilines is 1. The fraction of sp³-hybridized carbons (Fsp3) is 0.368. The number of rotatable bonds is 4. The number of amides is 1. The largest absolute Gasteiger partial charge is 0.481 e. The Labute approximate surface area is 144 Å². The molecule has 6 heteroatoms. The normalized spacial score (nSPS) is 35.3. The van der Waals surface area contributed by atoms with Crippen molar-refractivity contribution in [3.63, 3.8) is 0 Å². The number of aliphatic carboxylic acids is 1. The first kappa shape index (κ1) is 16.0. The second kappa shape index (κ2) is 5.26. The lowest BCUT2D eigenvalue weighted by Gasteiger charge is -2.33. The first-order valence-electron chi connectivity index (χ1n) is 8.19. The molecule has 0 saturated carbocycles. The summed E-state index contributed by atoms with van der Waals surface area (Å²) in [6, 6.07) is 5.49. The number of carbonyl (C=O) groups excluding carboxylic acids is 1. The lowest BCUT2D eigenvalue weighted by molar-refractivity contribution is -0.146. The first-order chi connectivity index (χ1) is 11.9. The van der Waals surface area contributed by atoms with Crippen molar-refractivity contribution in [3.05, 3.63) is 54.4 Å². The van der Waals surface area contributed by atoms with E-state index in [-0.39, 0.29) is 5.69 Å². The third-order valence-electron chi connectivity index (χ3n) is 5.36. The van der Waals surface area contributed by atoms with Crippen molar-refractivity contribution in [1.29, 1.82) is 0 Å². The Morgan fingerprint density at radius 1 is 1.44 bits per heavy atom. The first-order valence-corrected chi connectivity index (χ1v) is 8.19. The van der Waals surface area contributed by atoms with E-state index < -0.39 is 47.3 Å². The standard InChI is InChI=1S/C19H18FNO4/c1-10(2)9-14-19-8-7-13(25-19)15(18(23)24)16(19)17(22)21(14)12-6-4-3-5-11(12)20/h3-8,13-16H,1,9H2,2H3,(H,23,24)/t13-,14+,15+,16-,19-/m1/s1. The molecule has 3 heterocycles. The number of hydrogen-bond donors (Lipinski definition) is 1. The second-order valence-corrected chi connectivity index (χ2v) is 6.97. The molecule has 1 spiro atoms. The molecule has 1 amide bonds. The van der Waals surface area contributed by atoms with Crippen molar-refractivity contribution in [3.8, 4) is 0 Å². The Balaban J connectivity index is 1.87. The van der Waals surface area contributed by atoms with Crippen molar-refractivity contribution in [1.82, 2.24) is 0 Å². The molecule has 5 atom stereocenters. The van der Waals surface area contributed by atoms with E-state index in [0.717, 1.165) is 5.57 Å². The molecule has 0 aliphatic carbocycles. The van der Waals surface area contributed by atoms with Crippen molar-refractivity contribution in [2.45, 2.75) is 31.1 Å². The van der Waals surface area contributed by atoms with Crippen LogP contribution >= 0.6 is 0 Å². The minimum absolute atomic E-state index is 0.145. The van der Waals surface area contributed by atoms with E-state index in [1.54, 1.807) is 24.3 Å². The van der Waals surface area contributed by atoms with E-state index in [4.69, 9.17) is 4.74 Å². The smallest absolute Gasteiger partial charge is 0.310 e. The van der Waals surface area contributed by atoms with Gasteiger partial charge < -0.3 is 14.7 Å². The molecule has 0 aromatic heterocycles. The van der Waals surface area contributed by atoms with Gasteiger partial charge in [-0.3, -0.25) is 9.59 Å². The minimum Gasteiger partial charge on any atom is -0.481 e. The lowest BCUT2D eigenvalue weighted by Crippen LogP contribution is -2.45. The highest BCUT2D eigenvalue weighted by molar-refractivity contribution is 6.03. The zero-order valence-electron chi connectivity index (χ0n) is 13.7. The summed E-state index contributed by atoms with van der Waals surface area (Å²) in [5.74, 6) is -3.81. The van der Waals surface area contributed by atoms with Crippen LogP contribution in [0.3, 0.4) is 0 Å². The number of hydrogen-bond acceptors (Lipinski definition) is 3. The summed E-state index contributed by atoms with van der Waals surface area (Å²) in [5.41, 5.74) is -0.0908. The van der Waals surface area contributed by atoms with Gasteiger partial charge >= 0.3 is 5.97 Å². The zero-order chi connectivity index (χ0) is 17.9. The van der Waals surface area contributed by atoms with Gasteiger partial charge in [0.2, 0.25) is 5.91 Å². The monoisotopic (exact) mass is 343 g/mol. The zero-order valence-corrected chi connectivity index (χ0v) is 13.7. The Bertz CT molecular complexity index is 819. The van der Waals surface area contributed by atoms with Crippen LogP contribution in [0.1, 0.15) is 13.3 Å². The number of carbonyl (C=O) groups is 2. The van der Waals surface area contributed by atoms with Gasteiger partial charge in [0.1, 0.15) is 17.3 Å². The average Bonchev–Trinajstić information content (AvgIpc) is 3.18. The molecule has 1 aromatic carbocycles. The summed E-state index contributed by atoms with van der Waals surface area (Å²) in [7, 11) is 0. The summed E-state index contributed by atoms with van der Waals surface area (Å²) in [6.07, 6.45) is 3.27. The van der Waals surface area contributed by atoms with E-state index in [0.29, 0.717) is 6.42 Å². The van der Waals surface area contributed by atoms with Crippen LogP contribution < -0.4 is 4.90 Å². The molecule has 1 aromatic rings. The van der Waals surface area contributed by atoms with Crippen molar-refractivity contribution < 1.29 is 23.8 Å². The highest BCUT2D eigenvalue weighted by atomic mass is 19.1. The van der Waals surface area contributed by atoms with Gasteiger partial charge in [-0.25, -0.2) is 4.39 Å². The van der Waals surface area contributed by atoms with Gasteiger partial charge in [-0.05, 0) is 25.5 Å². The predicted molar refractivity (Wildman–Crippen MR) is 88.5 cm³/mol. The Morgan fingerprint density at radius 3 is 2.80 bits per heavy atom. The van der Waals surface area contributed by atoms with Crippen LogP contribution in [0.15, 0.2) is 48.6 Å². The maximum absolute atomic E-state index is 14.4. The van der Waals surface area contributed by atoms with Gasteiger partial charge in [0.25, 0.3) is 0 Å². The van der Waals surface area contributed by atoms with Gasteiger partial charge in [-0.15, -0.1) is 6.58 Å². The summed E-state index contributed by atoms with van der Waals surface area (Å²) >= 11 is 0. The summed E-state index contributed by atoms with van der Waals surface area (Å²) in [5, 5.41) is 9.60. The van der Waals surface area contributed by atoms with Crippen molar-refractivity contribution >= 4 is 17.6 Å². The summed E-state index contributed by atoms with van der Waals surface area (Å²) in [6.45, 7) is 5.74. The topological polar surface area (TPSA) is 66.8 Å².